The van der Waals surface area contributed by atoms with Crippen molar-refractivity contribution in [2.24, 2.45) is 11.5 Å². The first-order chi connectivity index (χ1) is 7.16. The standard InChI is InChI=1S/C11H26N2OSi/c12-8-5-10(13)4-3-7-11(15)6-1-2-9-14-11/h10H,1-9,12-13H2,15H3. The van der Waals surface area contributed by atoms with Crippen LogP contribution in [0, 0.1) is 0 Å². The van der Waals surface area contributed by atoms with E-state index in [-0.39, 0.29) is 5.22 Å². The van der Waals surface area contributed by atoms with E-state index in [0.717, 1.165) is 29.7 Å². The van der Waals surface area contributed by atoms with Gasteiger partial charge in [-0.15, -0.1) is 0 Å². The molecule has 0 aromatic heterocycles. The molecule has 0 aliphatic carbocycles. The van der Waals surface area contributed by atoms with Gasteiger partial charge in [0.15, 0.2) is 0 Å². The summed E-state index contributed by atoms with van der Waals surface area (Å²) in [5, 5.41) is 0.265. The van der Waals surface area contributed by atoms with Gasteiger partial charge in [0.1, 0.15) is 0 Å². The predicted molar refractivity (Wildman–Crippen MR) is 68.0 cm³/mol. The van der Waals surface area contributed by atoms with Crippen molar-refractivity contribution in [1.29, 1.82) is 0 Å². The molecular formula is C11H26N2OSi. The molecule has 0 spiro atoms. The van der Waals surface area contributed by atoms with Crippen LogP contribution in [0.25, 0.3) is 0 Å². The summed E-state index contributed by atoms with van der Waals surface area (Å²) in [5.74, 6) is 0. The van der Waals surface area contributed by atoms with Crippen LogP contribution >= 0.6 is 0 Å². The SMILES string of the molecule is NCCC(N)CCCC1([SiH3])CCCCO1. The smallest absolute Gasteiger partial charge is 0.0486 e. The van der Waals surface area contributed by atoms with Crippen molar-refractivity contribution >= 4 is 10.2 Å². The Morgan fingerprint density at radius 1 is 1.33 bits per heavy atom. The second kappa shape index (κ2) is 6.63. The quantitative estimate of drug-likeness (QED) is 0.636. The number of rotatable bonds is 6. The molecule has 4 heteroatoms. The predicted octanol–water partition coefficient (Wildman–Crippen LogP) is 0.0950. The Morgan fingerprint density at radius 3 is 2.73 bits per heavy atom. The van der Waals surface area contributed by atoms with Crippen molar-refractivity contribution in [2.75, 3.05) is 13.2 Å². The van der Waals surface area contributed by atoms with E-state index in [4.69, 9.17) is 16.2 Å². The van der Waals surface area contributed by atoms with Crippen LogP contribution < -0.4 is 11.5 Å². The van der Waals surface area contributed by atoms with Crippen LogP contribution in [-0.4, -0.2) is 34.7 Å². The first-order valence-electron chi connectivity index (χ1n) is 6.26. The highest BCUT2D eigenvalue weighted by Crippen LogP contribution is 2.27. The van der Waals surface area contributed by atoms with Gasteiger partial charge in [0.25, 0.3) is 0 Å². The summed E-state index contributed by atoms with van der Waals surface area (Å²) >= 11 is 0. The Balaban J connectivity index is 2.12. The zero-order valence-electron chi connectivity index (χ0n) is 10.0. The monoisotopic (exact) mass is 230 g/mol. The van der Waals surface area contributed by atoms with Crippen LogP contribution in [0.15, 0.2) is 0 Å². The molecule has 1 aliphatic rings. The van der Waals surface area contributed by atoms with Gasteiger partial charge in [-0.2, -0.15) is 0 Å². The number of hydrogen-bond donors (Lipinski definition) is 2. The fourth-order valence-electron chi connectivity index (χ4n) is 2.29. The molecule has 1 rings (SSSR count). The summed E-state index contributed by atoms with van der Waals surface area (Å²) < 4.78 is 5.90. The summed E-state index contributed by atoms with van der Waals surface area (Å²) in [6, 6.07) is 0.295. The molecule has 0 amide bonds. The highest BCUT2D eigenvalue weighted by Gasteiger charge is 2.26. The minimum atomic E-state index is 0.265. The summed E-state index contributed by atoms with van der Waals surface area (Å²) in [7, 11) is 1.15. The summed E-state index contributed by atoms with van der Waals surface area (Å²) in [5.41, 5.74) is 11.4. The third kappa shape index (κ3) is 5.11. The van der Waals surface area contributed by atoms with Crippen LogP contribution in [0.2, 0.25) is 0 Å². The third-order valence-corrected chi connectivity index (χ3v) is 4.66. The number of ether oxygens (including phenoxy) is 1. The summed E-state index contributed by atoms with van der Waals surface area (Å²) in [4.78, 5) is 0. The lowest BCUT2D eigenvalue weighted by Gasteiger charge is -2.34. The second-order valence-electron chi connectivity index (χ2n) is 4.99. The summed E-state index contributed by atoms with van der Waals surface area (Å²) in [6.45, 7) is 1.68. The molecular weight excluding hydrogens is 204 g/mol. The van der Waals surface area contributed by atoms with E-state index in [1.165, 1.54) is 32.1 Å². The molecule has 0 aromatic rings. The van der Waals surface area contributed by atoms with Crippen molar-refractivity contribution in [3.8, 4) is 0 Å². The maximum Gasteiger partial charge on any atom is 0.0486 e. The zero-order chi connectivity index (χ0) is 11.1. The molecule has 15 heavy (non-hydrogen) atoms. The summed E-state index contributed by atoms with van der Waals surface area (Å²) in [6.07, 6.45) is 8.32. The van der Waals surface area contributed by atoms with Gasteiger partial charge in [-0.05, 0) is 51.5 Å². The second-order valence-corrected chi connectivity index (χ2v) is 6.81. The highest BCUT2D eigenvalue weighted by molar-refractivity contribution is 6.14. The van der Waals surface area contributed by atoms with Gasteiger partial charge in [-0.1, -0.05) is 0 Å². The fraction of sp³-hybridized carbons (Fsp3) is 1.00. The van der Waals surface area contributed by atoms with Crippen LogP contribution in [-0.2, 0) is 4.74 Å². The molecule has 0 bridgehead atoms. The van der Waals surface area contributed by atoms with Gasteiger partial charge in [-0.25, -0.2) is 0 Å². The van der Waals surface area contributed by atoms with Gasteiger partial charge < -0.3 is 16.2 Å². The molecule has 90 valence electrons. The lowest BCUT2D eigenvalue weighted by atomic mass is 10.00. The largest absolute Gasteiger partial charge is 0.380 e. The molecule has 2 atom stereocenters. The zero-order valence-corrected chi connectivity index (χ0v) is 12.0. The van der Waals surface area contributed by atoms with E-state index < -0.39 is 0 Å². The van der Waals surface area contributed by atoms with Crippen molar-refractivity contribution in [3.63, 3.8) is 0 Å². The molecule has 2 unspecified atom stereocenters. The molecule has 1 aliphatic heterocycles. The average Bonchev–Trinajstić information content (AvgIpc) is 2.19. The Bertz CT molecular complexity index is 172. The van der Waals surface area contributed by atoms with E-state index in [0.29, 0.717) is 12.6 Å². The minimum absolute atomic E-state index is 0.265. The number of hydrogen-bond acceptors (Lipinski definition) is 3. The van der Waals surface area contributed by atoms with Gasteiger partial charge in [-0.3, -0.25) is 0 Å². The average molecular weight is 230 g/mol. The molecule has 1 heterocycles. The lowest BCUT2D eigenvalue weighted by molar-refractivity contribution is -0.0241. The maximum absolute atomic E-state index is 5.93. The Kier molecular flexibility index (Phi) is 5.82. The van der Waals surface area contributed by atoms with Gasteiger partial charge in [0.2, 0.25) is 0 Å². The van der Waals surface area contributed by atoms with Crippen molar-refractivity contribution in [3.05, 3.63) is 0 Å². The van der Waals surface area contributed by atoms with Gasteiger partial charge >= 0.3 is 0 Å². The molecule has 1 saturated heterocycles. The van der Waals surface area contributed by atoms with Crippen LogP contribution in [0.3, 0.4) is 0 Å². The van der Waals surface area contributed by atoms with E-state index in [1.54, 1.807) is 0 Å². The first kappa shape index (κ1) is 13.2. The molecule has 1 fully saturated rings. The van der Waals surface area contributed by atoms with Crippen LogP contribution in [0.4, 0.5) is 0 Å². The molecule has 4 N–H and O–H groups in total. The van der Waals surface area contributed by atoms with Crippen molar-refractivity contribution < 1.29 is 4.74 Å². The third-order valence-electron chi connectivity index (χ3n) is 3.37. The van der Waals surface area contributed by atoms with Crippen molar-refractivity contribution in [2.45, 2.75) is 56.2 Å². The minimum Gasteiger partial charge on any atom is -0.380 e. The maximum atomic E-state index is 5.93. The highest BCUT2D eigenvalue weighted by atomic mass is 28.1. The fourth-order valence-corrected chi connectivity index (χ4v) is 3.20. The van der Waals surface area contributed by atoms with Crippen LogP contribution in [0.1, 0.15) is 44.9 Å². The molecule has 0 aromatic carbocycles. The number of nitrogens with two attached hydrogens (primary N) is 2. The van der Waals surface area contributed by atoms with E-state index in [9.17, 15) is 0 Å². The molecule has 0 saturated carbocycles. The lowest BCUT2D eigenvalue weighted by Crippen LogP contribution is -2.37. The van der Waals surface area contributed by atoms with Crippen LogP contribution in [0.5, 0.6) is 0 Å². The Morgan fingerprint density at radius 2 is 2.13 bits per heavy atom. The molecule has 3 nitrogen and oxygen atoms in total. The van der Waals surface area contributed by atoms with E-state index in [1.807, 2.05) is 0 Å². The molecule has 0 radical (unpaired) electrons. The topological polar surface area (TPSA) is 61.3 Å². The van der Waals surface area contributed by atoms with Gasteiger partial charge in [0, 0.05) is 28.1 Å². The van der Waals surface area contributed by atoms with E-state index >= 15 is 0 Å². The Hall–Kier alpha value is 0.0969. The first-order valence-corrected chi connectivity index (χ1v) is 7.26. The van der Waals surface area contributed by atoms with Crippen molar-refractivity contribution in [1.82, 2.24) is 0 Å². The normalized spacial score (nSPS) is 29.2. The Labute approximate surface area is 96.3 Å². The van der Waals surface area contributed by atoms with E-state index in [2.05, 4.69) is 0 Å². The van der Waals surface area contributed by atoms with Gasteiger partial charge in [0.05, 0.1) is 0 Å².